The van der Waals surface area contributed by atoms with E-state index in [1.807, 2.05) is 6.92 Å². The van der Waals surface area contributed by atoms with Crippen molar-refractivity contribution >= 4 is 0 Å². The van der Waals surface area contributed by atoms with Crippen molar-refractivity contribution in [1.29, 1.82) is 0 Å². The summed E-state index contributed by atoms with van der Waals surface area (Å²) in [4.78, 5) is 0. The largest absolute Gasteiger partial charge is 0.573 e. The highest BCUT2D eigenvalue weighted by atomic mass is 19.4. The Morgan fingerprint density at radius 2 is 1.95 bits per heavy atom. The maximum atomic E-state index is 12.3. The molecule has 0 saturated carbocycles. The summed E-state index contributed by atoms with van der Waals surface area (Å²) < 4.78 is 46.1. The summed E-state index contributed by atoms with van der Waals surface area (Å²) in [7, 11) is 0. The molecule has 1 unspecified atom stereocenters. The van der Waals surface area contributed by atoms with E-state index in [1.54, 1.807) is 30.5 Å². The van der Waals surface area contributed by atoms with Crippen LogP contribution in [0.4, 0.5) is 13.2 Å². The van der Waals surface area contributed by atoms with Crippen LogP contribution in [0.5, 0.6) is 5.75 Å². The fourth-order valence-corrected chi connectivity index (χ4v) is 1.78. The minimum Gasteiger partial charge on any atom is -0.468 e. The predicted molar refractivity (Wildman–Crippen MR) is 67.1 cm³/mol. The lowest BCUT2D eigenvalue weighted by atomic mass is 10.2. The molecule has 0 aliphatic heterocycles. The summed E-state index contributed by atoms with van der Waals surface area (Å²) in [5, 5.41) is 3.09. The summed E-state index contributed by atoms with van der Waals surface area (Å²) in [5.74, 6) is 0.526. The van der Waals surface area contributed by atoms with E-state index in [4.69, 9.17) is 4.42 Å². The third-order valence-corrected chi connectivity index (χ3v) is 2.77. The Morgan fingerprint density at radius 1 is 1.20 bits per heavy atom. The maximum Gasteiger partial charge on any atom is 0.573 e. The Morgan fingerprint density at radius 3 is 2.60 bits per heavy atom. The van der Waals surface area contributed by atoms with Gasteiger partial charge < -0.3 is 14.5 Å². The third kappa shape index (κ3) is 4.03. The highest BCUT2D eigenvalue weighted by Gasteiger charge is 2.31. The van der Waals surface area contributed by atoms with E-state index in [0.29, 0.717) is 5.56 Å². The lowest BCUT2D eigenvalue weighted by Gasteiger charge is -2.15. The van der Waals surface area contributed by atoms with Crippen LogP contribution in [-0.4, -0.2) is 6.36 Å². The average Bonchev–Trinajstić information content (AvgIpc) is 2.89. The SMILES string of the molecule is CC(NCc1ccccc1OC(F)(F)F)c1ccco1. The van der Waals surface area contributed by atoms with Crippen LogP contribution in [0.25, 0.3) is 0 Å². The molecule has 0 aliphatic carbocycles. The Hall–Kier alpha value is -1.95. The number of alkyl halides is 3. The first kappa shape index (κ1) is 14.5. The van der Waals surface area contributed by atoms with Crippen LogP contribution in [0.2, 0.25) is 0 Å². The van der Waals surface area contributed by atoms with Gasteiger partial charge in [0.15, 0.2) is 0 Å². The van der Waals surface area contributed by atoms with Crippen molar-refractivity contribution < 1.29 is 22.3 Å². The molecule has 3 nitrogen and oxygen atoms in total. The van der Waals surface area contributed by atoms with E-state index < -0.39 is 6.36 Å². The molecule has 0 fully saturated rings. The van der Waals surface area contributed by atoms with E-state index in [0.717, 1.165) is 5.76 Å². The van der Waals surface area contributed by atoms with Crippen molar-refractivity contribution in [1.82, 2.24) is 5.32 Å². The van der Waals surface area contributed by atoms with E-state index in [1.165, 1.54) is 12.1 Å². The molecule has 1 aromatic heterocycles. The summed E-state index contributed by atoms with van der Waals surface area (Å²) in [6, 6.07) is 9.50. The van der Waals surface area contributed by atoms with Crippen molar-refractivity contribution in [2.24, 2.45) is 0 Å². The molecule has 0 amide bonds. The first-order chi connectivity index (χ1) is 9.46. The highest BCUT2D eigenvalue weighted by Crippen LogP contribution is 2.26. The number of para-hydroxylation sites is 1. The molecule has 20 heavy (non-hydrogen) atoms. The Labute approximate surface area is 114 Å². The first-order valence-corrected chi connectivity index (χ1v) is 6.06. The van der Waals surface area contributed by atoms with Gasteiger partial charge >= 0.3 is 6.36 Å². The van der Waals surface area contributed by atoms with Gasteiger partial charge in [-0.25, -0.2) is 0 Å². The fraction of sp³-hybridized carbons (Fsp3) is 0.286. The van der Waals surface area contributed by atoms with Crippen LogP contribution in [0.3, 0.4) is 0 Å². The Bertz CT molecular complexity index is 538. The number of furan rings is 1. The predicted octanol–water partition coefficient (Wildman–Crippen LogP) is 4.03. The molecular weight excluding hydrogens is 271 g/mol. The second-order valence-corrected chi connectivity index (χ2v) is 4.27. The van der Waals surface area contributed by atoms with Crippen LogP contribution in [-0.2, 0) is 6.54 Å². The zero-order valence-electron chi connectivity index (χ0n) is 10.8. The van der Waals surface area contributed by atoms with Crippen LogP contribution < -0.4 is 10.1 Å². The quantitative estimate of drug-likeness (QED) is 0.900. The molecule has 0 bridgehead atoms. The smallest absolute Gasteiger partial charge is 0.468 e. The number of nitrogens with one attached hydrogen (secondary N) is 1. The van der Waals surface area contributed by atoms with Crippen molar-refractivity contribution in [3.8, 4) is 5.75 Å². The number of rotatable bonds is 5. The number of hydrogen-bond acceptors (Lipinski definition) is 3. The lowest BCUT2D eigenvalue weighted by molar-refractivity contribution is -0.274. The van der Waals surface area contributed by atoms with Crippen LogP contribution >= 0.6 is 0 Å². The highest BCUT2D eigenvalue weighted by molar-refractivity contribution is 5.33. The molecule has 108 valence electrons. The van der Waals surface area contributed by atoms with Crippen LogP contribution in [0, 0.1) is 0 Å². The molecule has 6 heteroatoms. The summed E-state index contributed by atoms with van der Waals surface area (Å²) in [5.41, 5.74) is 0.434. The van der Waals surface area contributed by atoms with Gasteiger partial charge in [-0.3, -0.25) is 0 Å². The van der Waals surface area contributed by atoms with Gasteiger partial charge in [-0.05, 0) is 25.1 Å². The normalized spacial score (nSPS) is 13.2. The van der Waals surface area contributed by atoms with Gasteiger partial charge in [0.2, 0.25) is 0 Å². The van der Waals surface area contributed by atoms with Gasteiger partial charge in [0, 0.05) is 12.1 Å². The number of halogens is 3. The minimum atomic E-state index is -4.69. The van der Waals surface area contributed by atoms with Gasteiger partial charge in [0.05, 0.1) is 12.3 Å². The number of hydrogen-bond donors (Lipinski definition) is 1. The molecule has 1 atom stereocenters. The molecule has 1 N–H and O–H groups in total. The number of ether oxygens (including phenoxy) is 1. The molecule has 1 aromatic carbocycles. The van der Waals surface area contributed by atoms with Crippen molar-refractivity contribution in [2.45, 2.75) is 25.9 Å². The van der Waals surface area contributed by atoms with Crippen LogP contribution in [0.1, 0.15) is 24.3 Å². The second kappa shape index (κ2) is 6.00. The minimum absolute atomic E-state index is 0.107. The molecule has 2 aromatic rings. The van der Waals surface area contributed by atoms with E-state index in [2.05, 4.69) is 10.1 Å². The van der Waals surface area contributed by atoms with E-state index in [-0.39, 0.29) is 18.3 Å². The van der Waals surface area contributed by atoms with Crippen LogP contribution in [0.15, 0.2) is 47.1 Å². The Kier molecular flexibility index (Phi) is 4.34. The maximum absolute atomic E-state index is 12.3. The summed E-state index contributed by atoms with van der Waals surface area (Å²) >= 11 is 0. The zero-order chi connectivity index (χ0) is 14.6. The topological polar surface area (TPSA) is 34.4 Å². The molecule has 2 rings (SSSR count). The second-order valence-electron chi connectivity index (χ2n) is 4.27. The molecule has 0 spiro atoms. The van der Waals surface area contributed by atoms with Gasteiger partial charge in [0.1, 0.15) is 11.5 Å². The molecule has 0 radical (unpaired) electrons. The lowest BCUT2D eigenvalue weighted by Crippen LogP contribution is -2.21. The van der Waals surface area contributed by atoms with E-state index in [9.17, 15) is 13.2 Å². The van der Waals surface area contributed by atoms with Gasteiger partial charge in [-0.2, -0.15) is 0 Å². The van der Waals surface area contributed by atoms with Crippen molar-refractivity contribution in [3.63, 3.8) is 0 Å². The molecule has 0 aliphatic rings. The monoisotopic (exact) mass is 285 g/mol. The van der Waals surface area contributed by atoms with Gasteiger partial charge in [-0.15, -0.1) is 13.2 Å². The summed E-state index contributed by atoms with van der Waals surface area (Å²) in [6.45, 7) is 2.11. The van der Waals surface area contributed by atoms with Crippen molar-refractivity contribution in [2.75, 3.05) is 0 Å². The summed E-state index contributed by atoms with van der Waals surface area (Å²) in [6.07, 6.45) is -3.14. The zero-order valence-corrected chi connectivity index (χ0v) is 10.8. The molecule has 0 saturated heterocycles. The Balaban J connectivity index is 2.02. The third-order valence-electron chi connectivity index (χ3n) is 2.77. The van der Waals surface area contributed by atoms with Crippen molar-refractivity contribution in [3.05, 3.63) is 54.0 Å². The fourth-order valence-electron chi connectivity index (χ4n) is 1.78. The number of benzene rings is 1. The average molecular weight is 285 g/mol. The molecular formula is C14H14F3NO2. The standard InChI is InChI=1S/C14H14F3NO2/c1-10(12-7-4-8-19-12)18-9-11-5-2-3-6-13(11)20-14(15,16)17/h2-8,10,18H,9H2,1H3. The van der Waals surface area contributed by atoms with E-state index >= 15 is 0 Å². The molecule has 1 heterocycles. The first-order valence-electron chi connectivity index (χ1n) is 6.06. The van der Waals surface area contributed by atoms with Gasteiger partial charge in [0.25, 0.3) is 0 Å². The van der Waals surface area contributed by atoms with Gasteiger partial charge in [-0.1, -0.05) is 18.2 Å².